The molecular weight excluding hydrogens is 259 g/mol. The zero-order chi connectivity index (χ0) is 2.00. The molecule has 0 aliphatic carbocycles. The quantitative estimate of drug-likeness (QED) is 0.509. The second-order valence-electron chi connectivity index (χ2n) is 0. The van der Waals surface area contributed by atoms with Crippen LogP contribution in [0.15, 0.2) is 0 Å². The van der Waals surface area contributed by atoms with Gasteiger partial charge in [-0.15, -0.1) is 0 Å². The van der Waals surface area contributed by atoms with Gasteiger partial charge in [-0.05, 0) is 0 Å². The Morgan fingerprint density at radius 3 is 1.25 bits per heavy atom. The van der Waals surface area contributed by atoms with E-state index in [-0.39, 0.29) is 73.3 Å². The first-order chi connectivity index (χ1) is 1.00. The normalized spacial score (nSPS) is 1.50. The van der Waals surface area contributed by atoms with E-state index >= 15 is 0 Å². The van der Waals surface area contributed by atoms with Crippen molar-refractivity contribution in [3.05, 3.63) is 0 Å². The van der Waals surface area contributed by atoms with E-state index in [0.29, 0.717) is 0 Å². The third kappa shape index (κ3) is 8.84. The van der Waals surface area contributed by atoms with Crippen molar-refractivity contribution in [3.63, 3.8) is 0 Å². The van der Waals surface area contributed by atoms with Gasteiger partial charge in [-0.1, -0.05) is 0 Å². The Morgan fingerprint density at radius 1 is 1.25 bits per heavy atom. The van der Waals surface area contributed by atoms with Gasteiger partial charge in [-0.3, -0.25) is 0 Å². The van der Waals surface area contributed by atoms with Gasteiger partial charge in [0.1, 0.15) is 0 Å². The average molecular weight is 261 g/mol. The SMILES string of the molecule is [CaH2].[La].[O]=[Cu]. The van der Waals surface area contributed by atoms with Gasteiger partial charge in [0.15, 0.2) is 0 Å². The second kappa shape index (κ2) is 17.1. The fourth-order valence-corrected chi connectivity index (χ4v) is 0. The maximum absolute atomic E-state index is 7.81. The Morgan fingerprint density at radius 2 is 1.25 bits per heavy atom. The van der Waals surface area contributed by atoms with E-state index in [1.165, 1.54) is 0 Å². The van der Waals surface area contributed by atoms with Crippen molar-refractivity contribution in [2.75, 3.05) is 0 Å². The molecule has 0 unspecified atom stereocenters. The monoisotopic (exact) mass is 260 g/mol. The molecule has 4 heavy (non-hydrogen) atoms. The van der Waals surface area contributed by atoms with Crippen LogP contribution in [0.25, 0.3) is 0 Å². The van der Waals surface area contributed by atoms with Gasteiger partial charge in [0.25, 0.3) is 0 Å². The maximum atomic E-state index is 7.81. The van der Waals surface area contributed by atoms with Crippen molar-refractivity contribution in [1.29, 1.82) is 0 Å². The molecule has 0 aromatic heterocycles. The summed E-state index contributed by atoms with van der Waals surface area (Å²) >= 11 is 2.94. The van der Waals surface area contributed by atoms with Crippen LogP contribution in [-0.4, -0.2) is 37.7 Å². The third-order valence-corrected chi connectivity index (χ3v) is 0. The minimum absolute atomic E-state index is 0. The summed E-state index contributed by atoms with van der Waals surface area (Å²) in [6.07, 6.45) is 0. The first-order valence-electron chi connectivity index (χ1n) is 0.123. The predicted octanol–water partition coefficient (Wildman–Crippen LogP) is -1.04. The topological polar surface area (TPSA) is 17.1 Å². The molecule has 0 bridgehead atoms. The molecule has 0 fully saturated rings. The van der Waals surface area contributed by atoms with Crippen molar-refractivity contribution < 1.29 is 55.4 Å². The molecule has 24 valence electrons. The molecule has 1 radical (unpaired) electrons. The van der Waals surface area contributed by atoms with Gasteiger partial charge < -0.3 is 0 Å². The van der Waals surface area contributed by atoms with E-state index in [2.05, 4.69) is 15.9 Å². The Bertz CT molecular complexity index is 8.00. The molecule has 0 aromatic rings. The Hall–Kier alpha value is 2.77. The van der Waals surface area contributed by atoms with Gasteiger partial charge in [-0.25, -0.2) is 0 Å². The van der Waals surface area contributed by atoms with E-state index in [4.69, 9.17) is 3.83 Å². The van der Waals surface area contributed by atoms with Crippen LogP contribution in [0, 0.1) is 35.6 Å². The first-order valence-corrected chi connectivity index (χ1v) is 0.508. The third-order valence-electron chi connectivity index (χ3n) is 0. The van der Waals surface area contributed by atoms with Crippen molar-refractivity contribution in [2.45, 2.75) is 0 Å². The Kier molecular flexibility index (Phi) is 67.8. The summed E-state index contributed by atoms with van der Waals surface area (Å²) in [6, 6.07) is 0. The number of hydrogen-bond acceptors (Lipinski definition) is 1. The van der Waals surface area contributed by atoms with E-state index < -0.39 is 0 Å². The van der Waals surface area contributed by atoms with Crippen LogP contribution in [0.3, 0.4) is 0 Å². The van der Waals surface area contributed by atoms with Gasteiger partial charge in [0.2, 0.25) is 0 Å². The van der Waals surface area contributed by atoms with Crippen LogP contribution >= 0.6 is 0 Å². The Balaban J connectivity index is -0.00000000500. The van der Waals surface area contributed by atoms with Crippen LogP contribution in [0.2, 0.25) is 0 Å². The molecule has 0 N–H and O–H groups in total. The summed E-state index contributed by atoms with van der Waals surface area (Å²) in [5, 5.41) is 0. The molecule has 0 atom stereocenters. The van der Waals surface area contributed by atoms with Crippen LogP contribution in [0.5, 0.6) is 0 Å². The summed E-state index contributed by atoms with van der Waals surface area (Å²) in [5.41, 5.74) is 0. The van der Waals surface area contributed by atoms with Crippen LogP contribution in [0.1, 0.15) is 0 Å². The molecular formula is H2CaCuLaO. The zero-order valence-electron chi connectivity index (χ0n) is 1.29. The molecule has 0 saturated heterocycles. The van der Waals surface area contributed by atoms with Crippen molar-refractivity contribution in [1.82, 2.24) is 0 Å². The summed E-state index contributed by atoms with van der Waals surface area (Å²) < 4.78 is 7.81. The van der Waals surface area contributed by atoms with E-state index in [9.17, 15) is 0 Å². The first kappa shape index (κ1) is 15.9. The summed E-state index contributed by atoms with van der Waals surface area (Å²) in [6.45, 7) is 0. The van der Waals surface area contributed by atoms with Crippen LogP contribution in [0.4, 0.5) is 0 Å². The Labute approximate surface area is 90.9 Å². The second-order valence-corrected chi connectivity index (χ2v) is 0. The molecule has 4 heteroatoms. The van der Waals surface area contributed by atoms with Crippen LogP contribution in [-0.2, 0) is 19.8 Å². The van der Waals surface area contributed by atoms with Crippen molar-refractivity contribution in [3.8, 4) is 0 Å². The molecule has 0 spiro atoms. The molecule has 1 nitrogen and oxygen atoms in total. The van der Waals surface area contributed by atoms with E-state index in [1.807, 2.05) is 0 Å². The van der Waals surface area contributed by atoms with Crippen molar-refractivity contribution >= 4 is 37.7 Å². The average Bonchev–Trinajstić information content (AvgIpc) is 1.00. The van der Waals surface area contributed by atoms with Crippen LogP contribution < -0.4 is 0 Å². The number of rotatable bonds is 0. The minimum atomic E-state index is 0. The molecule has 0 rings (SSSR count). The molecule has 0 heterocycles. The van der Waals surface area contributed by atoms with E-state index in [1.54, 1.807) is 0 Å². The molecule has 0 amide bonds. The van der Waals surface area contributed by atoms with Gasteiger partial charge >= 0.3 is 57.5 Å². The fourth-order valence-electron chi connectivity index (χ4n) is 0. The molecule has 0 aliphatic rings. The molecule has 0 aliphatic heterocycles. The molecule has 0 aromatic carbocycles. The number of hydrogen-bond donors (Lipinski definition) is 0. The molecule has 0 saturated carbocycles. The van der Waals surface area contributed by atoms with Gasteiger partial charge in [0.05, 0.1) is 0 Å². The zero-order valence-corrected chi connectivity index (χ0v) is 5.85. The summed E-state index contributed by atoms with van der Waals surface area (Å²) in [5.74, 6) is 0. The fraction of sp³-hybridized carbons (Fsp3) is 0. The standard InChI is InChI=1S/Ca.Cu.La.O.2H. The van der Waals surface area contributed by atoms with Gasteiger partial charge in [0, 0.05) is 35.6 Å². The summed E-state index contributed by atoms with van der Waals surface area (Å²) in [7, 11) is 0. The van der Waals surface area contributed by atoms with E-state index in [0.717, 1.165) is 0 Å². The summed E-state index contributed by atoms with van der Waals surface area (Å²) in [4.78, 5) is 0. The van der Waals surface area contributed by atoms with Crippen molar-refractivity contribution in [2.24, 2.45) is 0 Å². The predicted molar refractivity (Wildman–Crippen MR) is 9.23 cm³/mol. The van der Waals surface area contributed by atoms with Gasteiger partial charge in [-0.2, -0.15) is 0 Å².